The summed E-state index contributed by atoms with van der Waals surface area (Å²) in [7, 11) is 1.75. The lowest BCUT2D eigenvalue weighted by atomic mass is 9.95. The van der Waals surface area contributed by atoms with Gasteiger partial charge >= 0.3 is 6.18 Å². The van der Waals surface area contributed by atoms with E-state index in [-0.39, 0.29) is 18.5 Å². The van der Waals surface area contributed by atoms with E-state index in [0.717, 1.165) is 23.4 Å². The van der Waals surface area contributed by atoms with Gasteiger partial charge in [-0.1, -0.05) is 35.5 Å². The molecule has 0 aliphatic heterocycles. The molecule has 1 amide bonds. The number of nitrogens with zero attached hydrogens (tertiary/aromatic N) is 4. The number of halogens is 3. The van der Waals surface area contributed by atoms with Gasteiger partial charge in [-0.3, -0.25) is 9.78 Å². The first kappa shape index (κ1) is 24.1. The van der Waals surface area contributed by atoms with Gasteiger partial charge in [-0.25, -0.2) is 4.68 Å². The molecule has 4 rings (SSSR count). The molecule has 1 atom stereocenters. The molecule has 0 fully saturated rings. The van der Waals surface area contributed by atoms with E-state index in [1.807, 2.05) is 6.92 Å². The largest absolute Gasteiger partial charge is 0.416 e. The number of hydrogen-bond acceptors (Lipinski definition) is 5. The number of carbonyl (C=O) groups is 1. The molecule has 3 N–H and O–H groups in total. The minimum atomic E-state index is -4.44. The highest BCUT2D eigenvalue weighted by Gasteiger charge is 2.31. The van der Waals surface area contributed by atoms with Gasteiger partial charge in [0.05, 0.1) is 29.1 Å². The number of nitrogens with two attached hydrogens (primary N) is 1. The van der Waals surface area contributed by atoms with Crippen molar-refractivity contribution in [3.8, 4) is 22.4 Å². The molecule has 10 heteroatoms. The van der Waals surface area contributed by atoms with E-state index >= 15 is 0 Å². The van der Waals surface area contributed by atoms with Crippen LogP contribution >= 0.6 is 0 Å². The SMILES string of the molecule is C[C@@H](NC(=O)c1cncc(-c2cnnn2C)c1)c1ccc(-c2cc(C(F)(F)F)ccc2CN)cc1. The summed E-state index contributed by atoms with van der Waals surface area (Å²) in [6.07, 6.45) is 0.241. The van der Waals surface area contributed by atoms with E-state index in [0.29, 0.717) is 27.8 Å². The second-order valence-corrected chi connectivity index (χ2v) is 8.10. The third-order valence-electron chi connectivity index (χ3n) is 5.74. The van der Waals surface area contributed by atoms with Crippen LogP contribution in [0.5, 0.6) is 0 Å². The number of alkyl halides is 3. The number of hydrogen-bond donors (Lipinski definition) is 2. The van der Waals surface area contributed by atoms with E-state index < -0.39 is 11.7 Å². The zero-order valence-corrected chi connectivity index (χ0v) is 19.0. The lowest BCUT2D eigenvalue weighted by Crippen LogP contribution is -2.26. The van der Waals surface area contributed by atoms with Crippen molar-refractivity contribution in [3.05, 3.63) is 89.4 Å². The van der Waals surface area contributed by atoms with Gasteiger partial charge in [0.2, 0.25) is 0 Å². The Morgan fingerprint density at radius 3 is 2.43 bits per heavy atom. The summed E-state index contributed by atoms with van der Waals surface area (Å²) in [4.78, 5) is 17.0. The van der Waals surface area contributed by atoms with Crippen LogP contribution in [0.1, 0.15) is 40.0 Å². The summed E-state index contributed by atoms with van der Waals surface area (Å²) in [5, 5.41) is 10.7. The van der Waals surface area contributed by atoms with Gasteiger partial charge in [-0.2, -0.15) is 13.2 Å². The van der Waals surface area contributed by atoms with Crippen LogP contribution in [0.25, 0.3) is 22.4 Å². The van der Waals surface area contributed by atoms with Crippen molar-refractivity contribution in [1.82, 2.24) is 25.3 Å². The molecule has 0 aliphatic rings. The zero-order valence-electron chi connectivity index (χ0n) is 19.0. The maximum Gasteiger partial charge on any atom is 0.416 e. The molecule has 180 valence electrons. The summed E-state index contributed by atoms with van der Waals surface area (Å²) in [6.45, 7) is 1.94. The Kier molecular flexibility index (Phi) is 6.65. The van der Waals surface area contributed by atoms with Crippen molar-refractivity contribution in [3.63, 3.8) is 0 Å². The third kappa shape index (κ3) is 5.22. The molecular weight excluding hydrogens is 457 g/mol. The van der Waals surface area contributed by atoms with Gasteiger partial charge in [0.1, 0.15) is 0 Å². The molecule has 0 aliphatic carbocycles. The number of pyridine rings is 1. The Labute approximate surface area is 199 Å². The molecule has 0 spiro atoms. The molecule has 0 unspecified atom stereocenters. The highest BCUT2D eigenvalue weighted by Crippen LogP contribution is 2.34. The van der Waals surface area contributed by atoms with Gasteiger partial charge in [0, 0.05) is 31.5 Å². The Morgan fingerprint density at radius 1 is 1.06 bits per heavy atom. The quantitative estimate of drug-likeness (QED) is 0.423. The summed E-state index contributed by atoms with van der Waals surface area (Å²) in [5.41, 5.74) is 9.27. The zero-order chi connectivity index (χ0) is 25.2. The van der Waals surface area contributed by atoms with E-state index in [4.69, 9.17) is 5.73 Å². The van der Waals surface area contributed by atoms with Crippen molar-refractivity contribution in [2.75, 3.05) is 0 Å². The van der Waals surface area contributed by atoms with Crippen molar-refractivity contribution >= 4 is 5.91 Å². The fraction of sp³-hybridized carbons (Fsp3) is 0.200. The molecule has 0 radical (unpaired) electrons. The van der Waals surface area contributed by atoms with Crippen LogP contribution in [0.15, 0.2) is 67.1 Å². The fourth-order valence-corrected chi connectivity index (χ4v) is 3.77. The first-order chi connectivity index (χ1) is 16.7. The topological polar surface area (TPSA) is 98.7 Å². The number of aryl methyl sites for hydroxylation is 1. The smallest absolute Gasteiger partial charge is 0.345 e. The normalized spacial score (nSPS) is 12.4. The van der Waals surface area contributed by atoms with E-state index in [1.54, 1.807) is 54.5 Å². The monoisotopic (exact) mass is 480 g/mol. The maximum absolute atomic E-state index is 13.2. The van der Waals surface area contributed by atoms with Crippen molar-refractivity contribution in [2.24, 2.45) is 12.8 Å². The highest BCUT2D eigenvalue weighted by molar-refractivity contribution is 5.95. The molecule has 4 aromatic rings. The Hall–Kier alpha value is -4.05. The van der Waals surface area contributed by atoms with Crippen LogP contribution in [0.4, 0.5) is 13.2 Å². The minimum absolute atomic E-state index is 0.115. The molecule has 2 heterocycles. The predicted molar refractivity (Wildman–Crippen MR) is 125 cm³/mol. The second-order valence-electron chi connectivity index (χ2n) is 8.10. The average molecular weight is 480 g/mol. The van der Waals surface area contributed by atoms with Crippen LogP contribution in [0, 0.1) is 0 Å². The molecule has 0 saturated carbocycles. The maximum atomic E-state index is 13.2. The summed E-state index contributed by atoms with van der Waals surface area (Å²) in [5.74, 6) is -0.311. The van der Waals surface area contributed by atoms with E-state index in [1.165, 1.54) is 12.3 Å². The number of amides is 1. The first-order valence-electron chi connectivity index (χ1n) is 10.8. The number of carbonyl (C=O) groups excluding carboxylic acids is 1. The molecule has 7 nitrogen and oxygen atoms in total. The van der Waals surface area contributed by atoms with E-state index in [2.05, 4.69) is 20.6 Å². The second kappa shape index (κ2) is 9.67. The van der Waals surface area contributed by atoms with Crippen LogP contribution in [0.3, 0.4) is 0 Å². The minimum Gasteiger partial charge on any atom is -0.345 e. The number of nitrogens with one attached hydrogen (secondary N) is 1. The number of rotatable bonds is 6. The Balaban J connectivity index is 1.52. The highest BCUT2D eigenvalue weighted by atomic mass is 19.4. The van der Waals surface area contributed by atoms with Crippen LogP contribution < -0.4 is 11.1 Å². The van der Waals surface area contributed by atoms with Gasteiger partial charge in [0.25, 0.3) is 5.91 Å². The Bertz CT molecular complexity index is 1350. The lowest BCUT2D eigenvalue weighted by molar-refractivity contribution is -0.137. The molecule has 2 aromatic heterocycles. The molecule has 2 aromatic carbocycles. The molecule has 35 heavy (non-hydrogen) atoms. The van der Waals surface area contributed by atoms with Crippen LogP contribution in [-0.4, -0.2) is 25.9 Å². The number of aromatic nitrogens is 4. The Morgan fingerprint density at radius 2 is 1.80 bits per heavy atom. The first-order valence-corrected chi connectivity index (χ1v) is 10.8. The van der Waals surface area contributed by atoms with Gasteiger partial charge in [0.15, 0.2) is 0 Å². The van der Waals surface area contributed by atoms with Crippen LogP contribution in [0.2, 0.25) is 0 Å². The number of benzene rings is 2. The molecule has 0 saturated heterocycles. The summed E-state index contributed by atoms with van der Waals surface area (Å²) >= 11 is 0. The lowest BCUT2D eigenvalue weighted by Gasteiger charge is -2.16. The predicted octanol–water partition coefficient (Wildman–Crippen LogP) is 4.51. The van der Waals surface area contributed by atoms with E-state index in [9.17, 15) is 18.0 Å². The van der Waals surface area contributed by atoms with Crippen LogP contribution in [-0.2, 0) is 19.8 Å². The standard InChI is InChI=1S/C25H23F3N6O/c1-15(32-24(35)20-9-19(12-30-13-20)23-14-31-33-34(23)2)16-3-5-17(6-4-16)22-10-21(25(26,27)28)8-7-18(22)11-29/h3-10,12-15H,11,29H2,1-2H3,(H,32,35)/t15-/m1/s1. The van der Waals surface area contributed by atoms with Gasteiger partial charge < -0.3 is 11.1 Å². The van der Waals surface area contributed by atoms with Crippen molar-refractivity contribution < 1.29 is 18.0 Å². The fourth-order valence-electron chi connectivity index (χ4n) is 3.77. The van der Waals surface area contributed by atoms with Gasteiger partial charge in [-0.05, 0) is 47.4 Å². The summed E-state index contributed by atoms with van der Waals surface area (Å²) in [6, 6.07) is 11.9. The van der Waals surface area contributed by atoms with Crippen molar-refractivity contribution in [2.45, 2.75) is 25.7 Å². The third-order valence-corrected chi connectivity index (χ3v) is 5.74. The van der Waals surface area contributed by atoms with Crippen molar-refractivity contribution in [1.29, 1.82) is 0 Å². The molecular formula is C25H23F3N6O. The summed E-state index contributed by atoms with van der Waals surface area (Å²) < 4.78 is 41.2. The average Bonchev–Trinajstić information content (AvgIpc) is 3.29. The molecule has 0 bridgehead atoms. The van der Waals surface area contributed by atoms with Gasteiger partial charge in [-0.15, -0.1) is 5.10 Å².